The number of carbonyl (C=O) groups excluding carboxylic acids is 1. The van der Waals surface area contributed by atoms with E-state index in [1.807, 2.05) is 24.0 Å². The number of hydrogen-bond acceptors (Lipinski definition) is 8. The molecule has 0 atom stereocenters. The highest BCUT2D eigenvalue weighted by Gasteiger charge is 2.40. The predicted octanol–water partition coefficient (Wildman–Crippen LogP) is 2.15. The monoisotopic (exact) mass is 390 g/mol. The lowest BCUT2D eigenvalue weighted by Gasteiger charge is -2.37. The van der Waals surface area contributed by atoms with E-state index in [1.54, 1.807) is 6.20 Å². The molecule has 0 aliphatic carbocycles. The quantitative estimate of drug-likeness (QED) is 0.718. The second-order valence-electron chi connectivity index (χ2n) is 6.53. The predicted molar refractivity (Wildman–Crippen MR) is 98.1 cm³/mol. The highest BCUT2D eigenvalue weighted by atomic mass is 32.2. The Bertz CT molecular complexity index is 779. The average Bonchev–Trinajstić information content (AvgIpc) is 3.37. The number of ether oxygens (including phenoxy) is 2. The van der Waals surface area contributed by atoms with Gasteiger partial charge < -0.3 is 18.9 Å². The van der Waals surface area contributed by atoms with Crippen molar-refractivity contribution in [3.63, 3.8) is 0 Å². The lowest BCUT2D eigenvalue weighted by molar-refractivity contribution is -0.186. The van der Waals surface area contributed by atoms with Crippen molar-refractivity contribution in [1.82, 2.24) is 20.0 Å². The number of amides is 1. The number of thioether (sulfide) groups is 1. The van der Waals surface area contributed by atoms with Gasteiger partial charge in [-0.2, -0.15) is 4.98 Å². The summed E-state index contributed by atoms with van der Waals surface area (Å²) in [5.41, 5.74) is 0.774. The van der Waals surface area contributed by atoms with E-state index < -0.39 is 5.79 Å². The second-order valence-corrected chi connectivity index (χ2v) is 7.53. The van der Waals surface area contributed by atoms with Gasteiger partial charge in [-0.15, -0.1) is 0 Å². The molecule has 2 aliphatic heterocycles. The highest BCUT2D eigenvalue weighted by Crippen LogP contribution is 2.31. The summed E-state index contributed by atoms with van der Waals surface area (Å²) in [6.45, 7) is 4.61. The normalized spacial score (nSPS) is 18.9. The topological polar surface area (TPSA) is 90.6 Å². The molecular formula is C18H22N4O4S. The fourth-order valence-corrected chi connectivity index (χ4v) is 3.96. The van der Waals surface area contributed by atoms with Crippen LogP contribution in [0.25, 0.3) is 11.5 Å². The number of carbonyl (C=O) groups is 1. The Kier molecular flexibility index (Phi) is 5.42. The summed E-state index contributed by atoms with van der Waals surface area (Å²) in [7, 11) is 0. The first-order valence-electron chi connectivity index (χ1n) is 9.15. The standard InChI is InChI=1S/C18H22N4O4S/c1-2-14-20-17(26-21-14)13-3-4-15(19-11-13)27-12-16(23)22-7-5-18(6-8-22)24-9-10-25-18/h3-4,11H,2,5-10,12H2,1H3. The lowest BCUT2D eigenvalue weighted by Crippen LogP contribution is -2.47. The van der Waals surface area contributed by atoms with Gasteiger partial charge in [0.2, 0.25) is 5.91 Å². The zero-order chi connectivity index (χ0) is 18.7. The highest BCUT2D eigenvalue weighted by molar-refractivity contribution is 7.99. The molecule has 4 heterocycles. The van der Waals surface area contributed by atoms with Gasteiger partial charge in [-0.3, -0.25) is 4.79 Å². The number of rotatable bonds is 5. The number of aromatic nitrogens is 3. The Morgan fingerprint density at radius 2 is 2.04 bits per heavy atom. The van der Waals surface area contributed by atoms with Crippen molar-refractivity contribution in [3.8, 4) is 11.5 Å². The van der Waals surface area contributed by atoms with E-state index in [0.717, 1.165) is 29.9 Å². The van der Waals surface area contributed by atoms with E-state index in [-0.39, 0.29) is 5.91 Å². The zero-order valence-electron chi connectivity index (χ0n) is 15.2. The molecule has 27 heavy (non-hydrogen) atoms. The fraction of sp³-hybridized carbons (Fsp3) is 0.556. The van der Waals surface area contributed by atoms with Crippen molar-refractivity contribution in [2.45, 2.75) is 37.0 Å². The van der Waals surface area contributed by atoms with E-state index >= 15 is 0 Å². The maximum absolute atomic E-state index is 12.5. The molecule has 0 unspecified atom stereocenters. The Morgan fingerprint density at radius 1 is 1.26 bits per heavy atom. The first kappa shape index (κ1) is 18.4. The molecule has 144 valence electrons. The molecule has 0 bridgehead atoms. The van der Waals surface area contributed by atoms with Gasteiger partial charge in [-0.25, -0.2) is 4.98 Å². The van der Waals surface area contributed by atoms with Crippen LogP contribution in [0, 0.1) is 0 Å². The third kappa shape index (κ3) is 4.15. The number of piperidine rings is 1. The Labute approximate surface area is 161 Å². The molecule has 4 rings (SSSR count). The maximum Gasteiger partial charge on any atom is 0.259 e. The summed E-state index contributed by atoms with van der Waals surface area (Å²) in [5.74, 6) is 1.16. The summed E-state index contributed by atoms with van der Waals surface area (Å²) < 4.78 is 16.6. The number of hydrogen-bond donors (Lipinski definition) is 0. The maximum atomic E-state index is 12.5. The lowest BCUT2D eigenvalue weighted by atomic mass is 10.0. The van der Waals surface area contributed by atoms with Crippen molar-refractivity contribution in [3.05, 3.63) is 24.2 Å². The van der Waals surface area contributed by atoms with Crippen LogP contribution in [0.1, 0.15) is 25.6 Å². The molecule has 0 saturated carbocycles. The van der Waals surface area contributed by atoms with Crippen LogP contribution in [0.2, 0.25) is 0 Å². The third-order valence-corrected chi connectivity index (χ3v) is 5.73. The van der Waals surface area contributed by atoms with Gasteiger partial charge >= 0.3 is 0 Å². The van der Waals surface area contributed by atoms with Crippen LogP contribution in [0.15, 0.2) is 27.9 Å². The minimum Gasteiger partial charge on any atom is -0.347 e. The first-order chi connectivity index (χ1) is 13.2. The number of aryl methyl sites for hydroxylation is 1. The molecule has 1 amide bonds. The smallest absolute Gasteiger partial charge is 0.259 e. The molecule has 0 N–H and O–H groups in total. The van der Waals surface area contributed by atoms with Crippen LogP contribution in [0.5, 0.6) is 0 Å². The van der Waals surface area contributed by atoms with Gasteiger partial charge in [-0.1, -0.05) is 23.8 Å². The molecule has 1 spiro atoms. The summed E-state index contributed by atoms with van der Waals surface area (Å²) in [6.07, 6.45) is 3.89. The van der Waals surface area contributed by atoms with E-state index in [1.165, 1.54) is 11.8 Å². The van der Waals surface area contributed by atoms with Crippen LogP contribution in [0.3, 0.4) is 0 Å². The van der Waals surface area contributed by atoms with Crippen molar-refractivity contribution in [2.75, 3.05) is 32.1 Å². The number of nitrogens with zero attached hydrogens (tertiary/aromatic N) is 4. The molecule has 2 aromatic rings. The van der Waals surface area contributed by atoms with Gasteiger partial charge in [0.1, 0.15) is 0 Å². The van der Waals surface area contributed by atoms with Crippen molar-refractivity contribution in [2.24, 2.45) is 0 Å². The Hall–Kier alpha value is -1.97. The molecule has 8 nitrogen and oxygen atoms in total. The van der Waals surface area contributed by atoms with Gasteiger partial charge in [0.05, 0.1) is 29.6 Å². The summed E-state index contributed by atoms with van der Waals surface area (Å²) in [6, 6.07) is 3.75. The van der Waals surface area contributed by atoms with E-state index in [9.17, 15) is 4.79 Å². The van der Waals surface area contributed by atoms with Crippen molar-refractivity contribution >= 4 is 17.7 Å². The van der Waals surface area contributed by atoms with Crippen LogP contribution in [-0.4, -0.2) is 63.8 Å². The van der Waals surface area contributed by atoms with Crippen LogP contribution in [-0.2, 0) is 20.7 Å². The summed E-state index contributed by atoms with van der Waals surface area (Å²) in [4.78, 5) is 23.0. The van der Waals surface area contributed by atoms with E-state index in [0.29, 0.717) is 43.8 Å². The van der Waals surface area contributed by atoms with Crippen LogP contribution >= 0.6 is 11.8 Å². The largest absolute Gasteiger partial charge is 0.347 e. The van der Waals surface area contributed by atoms with Gasteiger partial charge in [0.25, 0.3) is 5.89 Å². The van der Waals surface area contributed by atoms with Gasteiger partial charge in [-0.05, 0) is 12.1 Å². The number of pyridine rings is 1. The second kappa shape index (κ2) is 7.95. The fourth-order valence-electron chi connectivity index (χ4n) is 3.22. The van der Waals surface area contributed by atoms with Gasteiger partial charge in [0, 0.05) is 38.5 Å². The first-order valence-corrected chi connectivity index (χ1v) is 10.1. The molecule has 2 saturated heterocycles. The van der Waals surface area contributed by atoms with E-state index in [2.05, 4.69) is 15.1 Å². The molecule has 9 heteroatoms. The Balaban J connectivity index is 1.28. The molecule has 2 fully saturated rings. The van der Waals surface area contributed by atoms with Crippen LogP contribution < -0.4 is 0 Å². The average molecular weight is 390 g/mol. The molecule has 2 aromatic heterocycles. The van der Waals surface area contributed by atoms with Crippen molar-refractivity contribution < 1.29 is 18.8 Å². The van der Waals surface area contributed by atoms with Crippen LogP contribution in [0.4, 0.5) is 0 Å². The number of likely N-dealkylation sites (tertiary alicyclic amines) is 1. The molecule has 0 radical (unpaired) electrons. The zero-order valence-corrected chi connectivity index (χ0v) is 16.0. The summed E-state index contributed by atoms with van der Waals surface area (Å²) in [5, 5.41) is 4.67. The SMILES string of the molecule is CCc1noc(-c2ccc(SCC(=O)N3CCC4(CC3)OCCO4)nc2)n1. The summed E-state index contributed by atoms with van der Waals surface area (Å²) >= 11 is 1.43. The Morgan fingerprint density at radius 3 is 2.67 bits per heavy atom. The van der Waals surface area contributed by atoms with Gasteiger partial charge in [0.15, 0.2) is 11.6 Å². The third-order valence-electron chi connectivity index (χ3n) is 4.80. The van der Waals surface area contributed by atoms with E-state index in [4.69, 9.17) is 14.0 Å². The minimum atomic E-state index is -0.451. The minimum absolute atomic E-state index is 0.114. The molecule has 0 aromatic carbocycles. The molecular weight excluding hydrogens is 368 g/mol. The molecule has 2 aliphatic rings. The van der Waals surface area contributed by atoms with Crippen molar-refractivity contribution in [1.29, 1.82) is 0 Å².